The summed E-state index contributed by atoms with van der Waals surface area (Å²) in [5.41, 5.74) is 1.50. The van der Waals surface area contributed by atoms with Crippen LogP contribution in [0.2, 0.25) is 0 Å². The molecule has 0 saturated carbocycles. The molecule has 138 valence electrons. The summed E-state index contributed by atoms with van der Waals surface area (Å²) >= 11 is 3.28. The van der Waals surface area contributed by atoms with E-state index in [0.717, 1.165) is 38.3 Å². The van der Waals surface area contributed by atoms with Crippen LogP contribution in [0.25, 0.3) is 0 Å². The molecule has 0 aromatic heterocycles. The number of hydrogen-bond donors (Lipinski definition) is 1. The van der Waals surface area contributed by atoms with Gasteiger partial charge >= 0.3 is 0 Å². The van der Waals surface area contributed by atoms with Crippen LogP contribution in [0.4, 0.5) is 4.39 Å². The molecule has 1 atom stereocenters. The highest BCUT2D eigenvalue weighted by molar-refractivity contribution is 9.10. The van der Waals surface area contributed by atoms with Gasteiger partial charge in [-0.1, -0.05) is 30.3 Å². The van der Waals surface area contributed by atoms with E-state index in [1.165, 1.54) is 18.2 Å². The quantitative estimate of drug-likeness (QED) is 0.807. The maximum atomic E-state index is 13.3. The summed E-state index contributed by atoms with van der Waals surface area (Å²) in [5.74, 6) is -0.578. The fourth-order valence-electron chi connectivity index (χ4n) is 3.12. The zero-order chi connectivity index (χ0) is 18.5. The number of carbonyl (C=O) groups is 1. The maximum Gasteiger partial charge on any atom is 0.252 e. The molecule has 26 heavy (non-hydrogen) atoms. The average Bonchev–Trinajstić information content (AvgIpc) is 2.63. The normalized spacial score (nSPS) is 17.0. The second-order valence-corrected chi connectivity index (χ2v) is 7.52. The molecule has 0 spiro atoms. The Kier molecular flexibility index (Phi) is 6.40. The average molecular weight is 420 g/mol. The van der Waals surface area contributed by atoms with Crippen LogP contribution in [0.5, 0.6) is 0 Å². The highest BCUT2D eigenvalue weighted by Crippen LogP contribution is 2.21. The van der Waals surface area contributed by atoms with Crippen molar-refractivity contribution in [2.45, 2.75) is 6.04 Å². The van der Waals surface area contributed by atoms with Crippen molar-refractivity contribution in [3.05, 3.63) is 69.9 Å². The Balaban J connectivity index is 1.76. The lowest BCUT2D eigenvalue weighted by Crippen LogP contribution is -2.47. The van der Waals surface area contributed by atoms with Crippen LogP contribution in [0, 0.1) is 5.82 Å². The summed E-state index contributed by atoms with van der Waals surface area (Å²) in [6.45, 7) is 4.77. The predicted octanol–water partition coefficient (Wildman–Crippen LogP) is 3.31. The Bertz CT molecular complexity index is 748. The lowest BCUT2D eigenvalue weighted by molar-refractivity contribution is 0.0906. The third kappa shape index (κ3) is 4.90. The number of nitrogens with one attached hydrogen (secondary N) is 1. The van der Waals surface area contributed by atoms with Crippen molar-refractivity contribution in [2.24, 2.45) is 0 Å². The van der Waals surface area contributed by atoms with Crippen molar-refractivity contribution in [1.82, 2.24) is 15.1 Å². The van der Waals surface area contributed by atoms with Crippen molar-refractivity contribution in [2.75, 3.05) is 39.8 Å². The van der Waals surface area contributed by atoms with E-state index in [2.05, 4.69) is 38.1 Å². The van der Waals surface area contributed by atoms with E-state index in [1.807, 2.05) is 30.3 Å². The number of carbonyl (C=O) groups excluding carboxylic acids is 1. The number of piperazine rings is 1. The van der Waals surface area contributed by atoms with Gasteiger partial charge in [-0.15, -0.1) is 0 Å². The molecule has 1 saturated heterocycles. The first-order chi connectivity index (χ1) is 12.5. The first-order valence-corrected chi connectivity index (χ1v) is 9.54. The number of nitrogens with zero attached hydrogens (tertiary/aromatic N) is 2. The number of rotatable bonds is 5. The Morgan fingerprint density at radius 2 is 1.85 bits per heavy atom. The van der Waals surface area contributed by atoms with Gasteiger partial charge in [0.25, 0.3) is 5.91 Å². The molecule has 1 heterocycles. The molecule has 1 unspecified atom stereocenters. The van der Waals surface area contributed by atoms with Crippen LogP contribution in [0.3, 0.4) is 0 Å². The molecule has 4 nitrogen and oxygen atoms in total. The number of halogens is 2. The Morgan fingerprint density at radius 1 is 1.15 bits per heavy atom. The number of benzene rings is 2. The molecule has 0 bridgehead atoms. The molecule has 1 N–H and O–H groups in total. The molecule has 3 rings (SSSR count). The minimum absolute atomic E-state index is 0.121. The van der Waals surface area contributed by atoms with Gasteiger partial charge in [-0.05, 0) is 46.7 Å². The Hall–Kier alpha value is -1.76. The molecule has 1 aliphatic rings. The van der Waals surface area contributed by atoms with Crippen LogP contribution >= 0.6 is 15.9 Å². The van der Waals surface area contributed by atoms with Crippen LogP contribution in [-0.2, 0) is 0 Å². The third-order valence-electron chi connectivity index (χ3n) is 4.72. The summed E-state index contributed by atoms with van der Waals surface area (Å²) in [6.07, 6.45) is 0. The van der Waals surface area contributed by atoms with Crippen molar-refractivity contribution in [3.8, 4) is 0 Å². The van der Waals surface area contributed by atoms with Crippen molar-refractivity contribution in [1.29, 1.82) is 0 Å². The molecule has 1 aliphatic heterocycles. The van der Waals surface area contributed by atoms with Crippen LogP contribution in [0.15, 0.2) is 53.0 Å². The molecule has 1 amide bonds. The summed E-state index contributed by atoms with van der Waals surface area (Å²) in [7, 11) is 2.12. The Labute approximate surface area is 162 Å². The summed E-state index contributed by atoms with van der Waals surface area (Å²) < 4.78 is 13.8. The zero-order valence-electron chi connectivity index (χ0n) is 14.8. The monoisotopic (exact) mass is 419 g/mol. The van der Waals surface area contributed by atoms with Crippen LogP contribution in [0.1, 0.15) is 22.0 Å². The second-order valence-electron chi connectivity index (χ2n) is 6.66. The Morgan fingerprint density at radius 3 is 2.50 bits per heavy atom. The molecular weight excluding hydrogens is 397 g/mol. The van der Waals surface area contributed by atoms with E-state index < -0.39 is 0 Å². The molecular formula is C20H23BrFN3O. The van der Waals surface area contributed by atoms with Gasteiger partial charge in [-0.25, -0.2) is 4.39 Å². The lowest BCUT2D eigenvalue weighted by atomic mass is 10.0. The minimum atomic E-state index is -0.370. The summed E-state index contributed by atoms with van der Waals surface area (Å²) in [5, 5.41) is 3.12. The highest BCUT2D eigenvalue weighted by atomic mass is 79.9. The predicted molar refractivity (Wildman–Crippen MR) is 105 cm³/mol. The van der Waals surface area contributed by atoms with Gasteiger partial charge in [0.15, 0.2) is 0 Å². The fourth-order valence-corrected chi connectivity index (χ4v) is 3.65. The SMILES string of the molecule is CN1CCN(CC(NC(=O)c2ccc(F)cc2Br)c2ccccc2)CC1. The zero-order valence-corrected chi connectivity index (χ0v) is 16.4. The lowest BCUT2D eigenvalue weighted by Gasteiger charge is -2.35. The molecule has 2 aromatic rings. The van der Waals surface area contributed by atoms with Gasteiger partial charge in [0.2, 0.25) is 0 Å². The smallest absolute Gasteiger partial charge is 0.252 e. The van der Waals surface area contributed by atoms with E-state index in [-0.39, 0.29) is 17.8 Å². The second kappa shape index (κ2) is 8.75. The standard InChI is InChI=1S/C20H23BrFN3O/c1-24-9-11-25(12-10-24)14-19(15-5-3-2-4-6-15)23-20(26)17-8-7-16(22)13-18(17)21/h2-8,13,19H,9-12,14H2,1H3,(H,23,26). The number of amides is 1. The first kappa shape index (κ1) is 19.0. The molecule has 0 aliphatic carbocycles. The minimum Gasteiger partial charge on any atom is -0.344 e. The molecule has 1 fully saturated rings. The molecule has 6 heteroatoms. The van der Waals surface area contributed by atoms with Crippen molar-refractivity contribution in [3.63, 3.8) is 0 Å². The maximum absolute atomic E-state index is 13.3. The first-order valence-electron chi connectivity index (χ1n) is 8.74. The number of hydrogen-bond acceptors (Lipinski definition) is 3. The van der Waals surface area contributed by atoms with Gasteiger partial charge in [0.1, 0.15) is 5.82 Å². The van der Waals surface area contributed by atoms with Crippen LogP contribution in [-0.4, -0.2) is 55.5 Å². The largest absolute Gasteiger partial charge is 0.344 e. The fraction of sp³-hybridized carbons (Fsp3) is 0.350. The molecule has 0 radical (unpaired) electrons. The van der Waals surface area contributed by atoms with E-state index >= 15 is 0 Å². The van der Waals surface area contributed by atoms with Gasteiger partial charge in [0, 0.05) is 37.2 Å². The molecule has 2 aromatic carbocycles. The van der Waals surface area contributed by atoms with Gasteiger partial charge in [-0.2, -0.15) is 0 Å². The van der Waals surface area contributed by atoms with E-state index in [0.29, 0.717) is 10.0 Å². The van der Waals surface area contributed by atoms with Crippen LogP contribution < -0.4 is 5.32 Å². The summed E-state index contributed by atoms with van der Waals surface area (Å²) in [4.78, 5) is 17.4. The van der Waals surface area contributed by atoms with E-state index in [9.17, 15) is 9.18 Å². The number of likely N-dealkylation sites (N-methyl/N-ethyl adjacent to an activating group) is 1. The van der Waals surface area contributed by atoms with Gasteiger partial charge in [0.05, 0.1) is 11.6 Å². The third-order valence-corrected chi connectivity index (χ3v) is 5.38. The summed E-state index contributed by atoms with van der Waals surface area (Å²) in [6, 6.07) is 14.0. The topological polar surface area (TPSA) is 35.6 Å². The van der Waals surface area contributed by atoms with E-state index in [4.69, 9.17) is 0 Å². The van der Waals surface area contributed by atoms with E-state index in [1.54, 1.807) is 0 Å². The van der Waals surface area contributed by atoms with Gasteiger partial charge < -0.3 is 10.2 Å². The van der Waals surface area contributed by atoms with Crippen molar-refractivity contribution < 1.29 is 9.18 Å². The highest BCUT2D eigenvalue weighted by Gasteiger charge is 2.22. The van der Waals surface area contributed by atoms with Gasteiger partial charge in [-0.3, -0.25) is 9.69 Å². The van der Waals surface area contributed by atoms with Crippen molar-refractivity contribution >= 4 is 21.8 Å².